The van der Waals surface area contributed by atoms with Crippen molar-refractivity contribution in [3.63, 3.8) is 0 Å². The highest BCUT2D eigenvalue weighted by Crippen LogP contribution is 2.34. The summed E-state index contributed by atoms with van der Waals surface area (Å²) < 4.78 is 19.6. The first-order valence-corrected chi connectivity index (χ1v) is 12.4. The number of hydrogen-bond acceptors (Lipinski definition) is 3. The Bertz CT molecular complexity index is 603. The van der Waals surface area contributed by atoms with Gasteiger partial charge in [-0.25, -0.2) is 8.51 Å². The third kappa shape index (κ3) is 6.50. The van der Waals surface area contributed by atoms with E-state index in [9.17, 15) is 9.00 Å². The molecule has 1 amide bonds. The summed E-state index contributed by atoms with van der Waals surface area (Å²) in [5, 5.41) is 0. The number of unbranched alkanes of at least 4 members (excludes halogenated alkanes) is 2. The quantitative estimate of drug-likeness (QED) is 0.398. The van der Waals surface area contributed by atoms with Crippen molar-refractivity contribution >= 4 is 16.9 Å². The van der Waals surface area contributed by atoms with Crippen molar-refractivity contribution in [1.82, 2.24) is 4.31 Å². The lowest BCUT2D eigenvalue weighted by Crippen LogP contribution is -2.56. The predicted molar refractivity (Wildman–Crippen MR) is 121 cm³/mol. The van der Waals surface area contributed by atoms with Crippen molar-refractivity contribution in [2.45, 2.75) is 82.8 Å². The molecule has 5 nitrogen and oxygen atoms in total. The number of nitrogens with zero attached hydrogens (tertiary/aromatic N) is 1. The lowest BCUT2D eigenvalue weighted by Gasteiger charge is -2.40. The zero-order valence-corrected chi connectivity index (χ0v) is 19.2. The summed E-state index contributed by atoms with van der Waals surface area (Å²) in [6, 6.07) is 0. The zero-order chi connectivity index (χ0) is 21.3. The first-order valence-electron chi connectivity index (χ1n) is 11.3. The molecule has 2 rings (SSSR count). The van der Waals surface area contributed by atoms with Gasteiger partial charge in [0.25, 0.3) is 0 Å². The number of rotatable bonds is 11. The molecule has 0 aliphatic carbocycles. The van der Waals surface area contributed by atoms with E-state index in [1.807, 2.05) is 4.31 Å². The predicted octanol–water partition coefficient (Wildman–Crippen LogP) is 4.26. The molecule has 1 atom stereocenters. The Kier molecular flexibility index (Phi) is 10.1. The molecule has 29 heavy (non-hydrogen) atoms. The number of amides is 1. The second kappa shape index (κ2) is 12.0. The summed E-state index contributed by atoms with van der Waals surface area (Å²) in [5.41, 5.74) is 8.54. The largest absolute Gasteiger partial charge is 0.381 e. The Balaban J connectivity index is 1.82. The monoisotopic (exact) mass is 424 g/mol. The number of nitrogens with two attached hydrogens (primary N) is 1. The van der Waals surface area contributed by atoms with Crippen molar-refractivity contribution in [3.8, 4) is 0 Å². The molecule has 0 aromatic heterocycles. The SMILES string of the molecule is C=C(CC/C(=C\C)CCCCC)C1CCN(S(=O)C2(C(N)=O)CCOCC2)CC1. The van der Waals surface area contributed by atoms with Crippen LogP contribution in [-0.4, -0.2) is 45.5 Å². The number of ether oxygens (including phenoxy) is 1. The fourth-order valence-corrected chi connectivity index (χ4v) is 6.15. The summed E-state index contributed by atoms with van der Waals surface area (Å²) in [6.07, 6.45) is 12.3. The van der Waals surface area contributed by atoms with Crippen LogP contribution in [0.2, 0.25) is 0 Å². The fourth-order valence-electron chi connectivity index (χ4n) is 4.43. The van der Waals surface area contributed by atoms with Crippen LogP contribution in [0.25, 0.3) is 0 Å². The molecule has 2 aliphatic rings. The average Bonchev–Trinajstić information content (AvgIpc) is 2.75. The Morgan fingerprint density at radius 3 is 2.41 bits per heavy atom. The van der Waals surface area contributed by atoms with E-state index in [0.717, 1.165) is 38.8 Å². The minimum Gasteiger partial charge on any atom is -0.381 e. The van der Waals surface area contributed by atoms with E-state index in [-0.39, 0.29) is 0 Å². The van der Waals surface area contributed by atoms with Crippen molar-refractivity contribution in [2.24, 2.45) is 11.7 Å². The standard InChI is InChI=1S/C23H40N2O3S/c1-4-6-7-8-20(5-2)10-9-19(3)21-11-15-25(16-12-21)29(27)23(22(24)26)13-17-28-18-14-23/h5,21H,3-4,6-18H2,1-2H3,(H2,24,26)/b20-5-. The van der Waals surface area contributed by atoms with Gasteiger partial charge in [0.05, 0.1) is 0 Å². The Labute approximate surface area is 179 Å². The number of piperidine rings is 1. The lowest BCUT2D eigenvalue weighted by molar-refractivity contribution is -0.122. The average molecular weight is 425 g/mol. The van der Waals surface area contributed by atoms with Gasteiger partial charge >= 0.3 is 0 Å². The highest BCUT2D eigenvalue weighted by atomic mass is 32.2. The minimum absolute atomic E-state index is 0.450. The van der Waals surface area contributed by atoms with Crippen LogP contribution in [0.4, 0.5) is 0 Å². The minimum atomic E-state index is -1.39. The Morgan fingerprint density at radius 1 is 1.21 bits per heavy atom. The molecule has 2 saturated heterocycles. The third-order valence-corrected chi connectivity index (χ3v) is 8.74. The Hall–Kier alpha value is -0.980. The van der Waals surface area contributed by atoms with Crippen molar-refractivity contribution in [2.75, 3.05) is 26.3 Å². The van der Waals surface area contributed by atoms with Crippen LogP contribution in [0, 0.1) is 5.92 Å². The van der Waals surface area contributed by atoms with Crippen LogP contribution in [0.5, 0.6) is 0 Å². The van der Waals surface area contributed by atoms with Crippen molar-refractivity contribution < 1.29 is 13.7 Å². The maximum absolute atomic E-state index is 13.2. The van der Waals surface area contributed by atoms with E-state index < -0.39 is 21.6 Å². The molecule has 6 heteroatoms. The Morgan fingerprint density at radius 2 is 1.86 bits per heavy atom. The number of hydrogen-bond donors (Lipinski definition) is 1. The van der Waals surface area contributed by atoms with Gasteiger partial charge in [-0.2, -0.15) is 0 Å². The van der Waals surface area contributed by atoms with Crippen molar-refractivity contribution in [3.05, 3.63) is 23.8 Å². The molecule has 0 aromatic carbocycles. The van der Waals surface area contributed by atoms with Crippen LogP contribution in [0.1, 0.15) is 78.1 Å². The van der Waals surface area contributed by atoms with E-state index in [1.165, 1.54) is 31.3 Å². The van der Waals surface area contributed by atoms with E-state index in [2.05, 4.69) is 26.5 Å². The smallest absolute Gasteiger partial charge is 0.237 e. The lowest BCUT2D eigenvalue weighted by atomic mass is 9.87. The van der Waals surface area contributed by atoms with Crippen LogP contribution < -0.4 is 5.73 Å². The van der Waals surface area contributed by atoms with Gasteiger partial charge in [0.2, 0.25) is 5.91 Å². The van der Waals surface area contributed by atoms with Gasteiger partial charge in [-0.3, -0.25) is 4.79 Å². The van der Waals surface area contributed by atoms with Crippen LogP contribution in [0.15, 0.2) is 23.8 Å². The van der Waals surface area contributed by atoms with Crippen LogP contribution in [-0.2, 0) is 20.5 Å². The normalized spacial score (nSPS) is 22.3. The molecule has 0 spiro atoms. The third-order valence-electron chi connectivity index (χ3n) is 6.63. The van der Waals surface area contributed by atoms with Gasteiger partial charge in [-0.05, 0) is 64.2 Å². The first-order chi connectivity index (χ1) is 13.9. The van der Waals surface area contributed by atoms with E-state index in [1.54, 1.807) is 5.57 Å². The molecule has 0 saturated carbocycles. The number of allylic oxidation sites excluding steroid dienone is 3. The molecule has 0 aromatic rings. The summed E-state index contributed by atoms with van der Waals surface area (Å²) in [7, 11) is -1.39. The van der Waals surface area contributed by atoms with Gasteiger partial charge < -0.3 is 10.5 Å². The molecule has 2 N–H and O–H groups in total. The number of carbonyl (C=O) groups excluding carboxylic acids is 1. The molecule has 2 aliphatic heterocycles. The van der Waals surface area contributed by atoms with Gasteiger partial charge in [-0.1, -0.05) is 43.6 Å². The summed E-state index contributed by atoms with van der Waals surface area (Å²) >= 11 is 0. The maximum atomic E-state index is 13.2. The van der Waals surface area contributed by atoms with E-state index in [4.69, 9.17) is 10.5 Å². The van der Waals surface area contributed by atoms with E-state index in [0.29, 0.717) is 32.0 Å². The zero-order valence-electron chi connectivity index (χ0n) is 18.4. The molecular weight excluding hydrogens is 384 g/mol. The van der Waals surface area contributed by atoms with Gasteiger partial charge in [-0.15, -0.1) is 0 Å². The van der Waals surface area contributed by atoms with E-state index >= 15 is 0 Å². The molecular formula is C23H40N2O3S. The second-order valence-corrected chi connectivity index (χ2v) is 10.3. The molecule has 0 radical (unpaired) electrons. The highest BCUT2D eigenvalue weighted by Gasteiger charge is 2.47. The summed E-state index contributed by atoms with van der Waals surface area (Å²) in [4.78, 5) is 12.1. The van der Waals surface area contributed by atoms with Gasteiger partial charge in [0.15, 0.2) is 0 Å². The first kappa shape index (κ1) is 24.3. The molecule has 2 fully saturated rings. The number of primary amides is 1. The van der Waals surface area contributed by atoms with Crippen LogP contribution >= 0.6 is 0 Å². The highest BCUT2D eigenvalue weighted by molar-refractivity contribution is 7.85. The fraction of sp³-hybridized carbons (Fsp3) is 0.783. The maximum Gasteiger partial charge on any atom is 0.237 e. The molecule has 0 bridgehead atoms. The molecule has 1 unspecified atom stereocenters. The topological polar surface area (TPSA) is 72.6 Å². The van der Waals surface area contributed by atoms with Gasteiger partial charge in [0, 0.05) is 26.3 Å². The second-order valence-electron chi connectivity index (χ2n) is 8.49. The molecule has 166 valence electrons. The molecule has 2 heterocycles. The van der Waals surface area contributed by atoms with Gasteiger partial charge in [0.1, 0.15) is 15.7 Å². The van der Waals surface area contributed by atoms with Crippen LogP contribution in [0.3, 0.4) is 0 Å². The summed E-state index contributed by atoms with van der Waals surface area (Å²) in [6.45, 7) is 11.1. The number of carbonyl (C=O) groups is 1. The van der Waals surface area contributed by atoms with Crippen molar-refractivity contribution in [1.29, 1.82) is 0 Å². The summed E-state index contributed by atoms with van der Waals surface area (Å²) in [5.74, 6) is 0.0313.